The predicted molar refractivity (Wildman–Crippen MR) is 109 cm³/mol. The third-order valence-electron chi connectivity index (χ3n) is 3.78. The minimum absolute atomic E-state index is 0. The van der Waals surface area contributed by atoms with E-state index < -0.39 is 0 Å². The van der Waals surface area contributed by atoms with Crippen molar-refractivity contribution in [3.63, 3.8) is 0 Å². The van der Waals surface area contributed by atoms with Crippen molar-refractivity contribution < 1.29 is 4.79 Å². The summed E-state index contributed by atoms with van der Waals surface area (Å²) in [7, 11) is 5.42. The van der Waals surface area contributed by atoms with E-state index in [0.29, 0.717) is 12.5 Å². The van der Waals surface area contributed by atoms with Gasteiger partial charge in [-0.1, -0.05) is 13.3 Å². The largest absolute Gasteiger partial charge is 0.356 e. The summed E-state index contributed by atoms with van der Waals surface area (Å²) in [6.45, 7) is 7.79. The van der Waals surface area contributed by atoms with Crippen LogP contribution in [0.25, 0.3) is 0 Å². The summed E-state index contributed by atoms with van der Waals surface area (Å²) in [5.41, 5.74) is 3.23. The second-order valence-electron chi connectivity index (χ2n) is 5.86. The van der Waals surface area contributed by atoms with Crippen molar-refractivity contribution in [1.82, 2.24) is 25.3 Å². The smallest absolute Gasteiger partial charge is 0.241 e. The number of unbranched alkanes of at least 4 members (excludes halogenated alkanes) is 1. The van der Waals surface area contributed by atoms with Crippen molar-refractivity contribution in [2.24, 2.45) is 12.0 Å². The Bertz CT molecular complexity index is 553. The highest BCUT2D eigenvalue weighted by molar-refractivity contribution is 14.0. The number of halogens is 1. The molecule has 0 saturated heterocycles. The standard InChI is InChI=1S/C16H30N6O.HI/c1-7-8-9-17-16(19-11-15(23)21(4)5)18-10-14-12(2)20-22(6)13(14)3;/h7-11H2,1-6H3,(H2,17,18,19);1H. The Morgan fingerprint density at radius 2 is 1.96 bits per heavy atom. The second kappa shape index (κ2) is 11.3. The van der Waals surface area contributed by atoms with Crippen LogP contribution in [0, 0.1) is 13.8 Å². The molecule has 0 fully saturated rings. The van der Waals surface area contributed by atoms with Gasteiger partial charge in [-0.3, -0.25) is 9.48 Å². The lowest BCUT2D eigenvalue weighted by Gasteiger charge is -2.15. The maximum absolute atomic E-state index is 11.7. The number of aliphatic imine (C=N–C) groups is 1. The third-order valence-corrected chi connectivity index (χ3v) is 3.78. The van der Waals surface area contributed by atoms with Gasteiger partial charge in [0.15, 0.2) is 5.96 Å². The SMILES string of the molecule is CCCCNC(=NCc1c(C)nn(C)c1C)NCC(=O)N(C)C.I. The van der Waals surface area contributed by atoms with Crippen molar-refractivity contribution in [1.29, 1.82) is 0 Å². The van der Waals surface area contributed by atoms with Crippen LogP contribution < -0.4 is 10.6 Å². The van der Waals surface area contributed by atoms with E-state index in [9.17, 15) is 4.79 Å². The Morgan fingerprint density at radius 1 is 1.29 bits per heavy atom. The zero-order chi connectivity index (χ0) is 17.4. The summed E-state index contributed by atoms with van der Waals surface area (Å²) in [5.74, 6) is 0.681. The number of amides is 1. The maximum Gasteiger partial charge on any atom is 0.241 e. The van der Waals surface area contributed by atoms with Gasteiger partial charge in [-0.15, -0.1) is 24.0 Å². The third kappa shape index (κ3) is 7.06. The second-order valence-corrected chi connectivity index (χ2v) is 5.86. The van der Waals surface area contributed by atoms with Crippen LogP contribution >= 0.6 is 24.0 Å². The van der Waals surface area contributed by atoms with Gasteiger partial charge in [0.25, 0.3) is 0 Å². The van der Waals surface area contributed by atoms with Crippen molar-refractivity contribution in [2.45, 2.75) is 40.2 Å². The Balaban J connectivity index is 0.00000529. The Morgan fingerprint density at radius 3 is 2.46 bits per heavy atom. The van der Waals surface area contributed by atoms with Gasteiger partial charge in [0.05, 0.1) is 18.8 Å². The van der Waals surface area contributed by atoms with Gasteiger partial charge < -0.3 is 15.5 Å². The van der Waals surface area contributed by atoms with Gasteiger partial charge in [0.2, 0.25) is 5.91 Å². The lowest BCUT2D eigenvalue weighted by Crippen LogP contribution is -2.43. The van der Waals surface area contributed by atoms with E-state index in [0.717, 1.165) is 36.3 Å². The summed E-state index contributed by atoms with van der Waals surface area (Å²) >= 11 is 0. The molecule has 1 aromatic rings. The highest BCUT2D eigenvalue weighted by Crippen LogP contribution is 2.12. The van der Waals surface area contributed by atoms with Crippen LogP contribution in [0.2, 0.25) is 0 Å². The van der Waals surface area contributed by atoms with Gasteiger partial charge in [-0.05, 0) is 20.3 Å². The lowest BCUT2D eigenvalue weighted by atomic mass is 10.2. The molecule has 1 rings (SSSR count). The van der Waals surface area contributed by atoms with Gasteiger partial charge in [-0.25, -0.2) is 4.99 Å². The summed E-state index contributed by atoms with van der Waals surface area (Å²) < 4.78 is 1.87. The van der Waals surface area contributed by atoms with Crippen LogP contribution in [-0.4, -0.2) is 53.7 Å². The fraction of sp³-hybridized carbons (Fsp3) is 0.688. The molecule has 0 aromatic carbocycles. The van der Waals surface area contributed by atoms with E-state index in [4.69, 9.17) is 0 Å². The minimum atomic E-state index is 0. The van der Waals surface area contributed by atoms with Gasteiger partial charge in [0, 0.05) is 38.9 Å². The molecule has 0 atom stereocenters. The fourth-order valence-electron chi connectivity index (χ4n) is 2.08. The molecule has 1 amide bonds. The molecule has 0 unspecified atom stereocenters. The number of hydrogen-bond acceptors (Lipinski definition) is 3. The number of aromatic nitrogens is 2. The van der Waals surface area contributed by atoms with E-state index >= 15 is 0 Å². The lowest BCUT2D eigenvalue weighted by molar-refractivity contribution is -0.127. The van der Waals surface area contributed by atoms with E-state index in [1.165, 1.54) is 0 Å². The zero-order valence-electron chi connectivity index (χ0n) is 15.6. The monoisotopic (exact) mass is 450 g/mol. The number of nitrogens with one attached hydrogen (secondary N) is 2. The van der Waals surface area contributed by atoms with Crippen molar-refractivity contribution in [3.05, 3.63) is 17.0 Å². The number of likely N-dealkylation sites (N-methyl/N-ethyl adjacent to an activating group) is 1. The molecule has 8 heteroatoms. The molecule has 138 valence electrons. The average molecular weight is 450 g/mol. The predicted octanol–water partition coefficient (Wildman–Crippen LogP) is 1.58. The van der Waals surface area contributed by atoms with Crippen LogP contribution in [0.15, 0.2) is 4.99 Å². The topological polar surface area (TPSA) is 74.5 Å². The Hall–Kier alpha value is -1.32. The van der Waals surface area contributed by atoms with Crippen LogP contribution in [0.1, 0.15) is 36.7 Å². The van der Waals surface area contributed by atoms with Crippen LogP contribution in [0.3, 0.4) is 0 Å². The Kier molecular flexibility index (Phi) is 10.7. The van der Waals surface area contributed by atoms with E-state index in [1.54, 1.807) is 19.0 Å². The molecule has 0 saturated carbocycles. The Labute approximate surface area is 162 Å². The molecular formula is C16H31IN6O. The van der Waals surface area contributed by atoms with Crippen LogP contribution in [0.4, 0.5) is 0 Å². The molecule has 0 bridgehead atoms. The number of carbonyl (C=O) groups is 1. The van der Waals surface area contributed by atoms with E-state index in [-0.39, 0.29) is 36.4 Å². The van der Waals surface area contributed by atoms with Gasteiger partial charge in [-0.2, -0.15) is 5.10 Å². The first kappa shape index (κ1) is 22.7. The fourth-order valence-corrected chi connectivity index (χ4v) is 2.08. The van der Waals surface area contributed by atoms with Gasteiger partial charge >= 0.3 is 0 Å². The molecule has 7 nitrogen and oxygen atoms in total. The summed E-state index contributed by atoms with van der Waals surface area (Å²) in [6, 6.07) is 0. The number of guanidine groups is 1. The van der Waals surface area contributed by atoms with Crippen molar-refractivity contribution >= 4 is 35.8 Å². The number of aryl methyl sites for hydroxylation is 2. The first-order valence-corrected chi connectivity index (χ1v) is 8.08. The molecule has 1 heterocycles. The van der Waals surface area contributed by atoms with Crippen LogP contribution in [0.5, 0.6) is 0 Å². The zero-order valence-corrected chi connectivity index (χ0v) is 18.0. The molecule has 0 radical (unpaired) electrons. The number of hydrogen-bond donors (Lipinski definition) is 2. The molecule has 2 N–H and O–H groups in total. The first-order valence-electron chi connectivity index (χ1n) is 8.08. The summed E-state index contributed by atoms with van der Waals surface area (Å²) in [5, 5.41) is 10.8. The van der Waals surface area contributed by atoms with Gasteiger partial charge in [0.1, 0.15) is 0 Å². The molecule has 0 aliphatic rings. The highest BCUT2D eigenvalue weighted by Gasteiger charge is 2.10. The number of carbonyl (C=O) groups excluding carboxylic acids is 1. The quantitative estimate of drug-likeness (QED) is 0.286. The van der Waals surface area contributed by atoms with Crippen molar-refractivity contribution in [2.75, 3.05) is 27.2 Å². The number of nitrogens with zero attached hydrogens (tertiary/aromatic N) is 4. The maximum atomic E-state index is 11.7. The van der Waals surface area contributed by atoms with E-state index in [1.807, 2.05) is 25.6 Å². The minimum Gasteiger partial charge on any atom is -0.356 e. The summed E-state index contributed by atoms with van der Waals surface area (Å²) in [4.78, 5) is 17.9. The molecule has 24 heavy (non-hydrogen) atoms. The van der Waals surface area contributed by atoms with E-state index in [2.05, 4.69) is 27.6 Å². The highest BCUT2D eigenvalue weighted by atomic mass is 127. The molecular weight excluding hydrogens is 419 g/mol. The molecule has 0 spiro atoms. The van der Waals surface area contributed by atoms with Crippen molar-refractivity contribution in [3.8, 4) is 0 Å². The first-order chi connectivity index (χ1) is 10.9. The molecule has 0 aliphatic heterocycles. The molecule has 0 aliphatic carbocycles. The number of rotatable bonds is 7. The summed E-state index contributed by atoms with van der Waals surface area (Å²) in [6.07, 6.45) is 2.17. The normalized spacial score (nSPS) is 11.0. The van der Waals surface area contributed by atoms with Crippen LogP contribution in [-0.2, 0) is 18.4 Å². The molecule has 1 aromatic heterocycles. The average Bonchev–Trinajstić information content (AvgIpc) is 2.74.